The molecule has 2 aromatic carbocycles. The average Bonchev–Trinajstić information content (AvgIpc) is 2.67. The number of hydrogen-bond acceptors (Lipinski definition) is 3. The number of carbonyl (C=O) groups excluding carboxylic acids is 1. The van der Waals surface area contributed by atoms with Gasteiger partial charge in [0.15, 0.2) is 6.61 Å². The van der Waals surface area contributed by atoms with Crippen LogP contribution in [0.25, 0.3) is 0 Å². The van der Waals surface area contributed by atoms with Gasteiger partial charge in [0.2, 0.25) is 0 Å². The third-order valence-electron chi connectivity index (χ3n) is 5.02. The zero-order valence-electron chi connectivity index (χ0n) is 15.1. The molecule has 5 heteroatoms. The van der Waals surface area contributed by atoms with E-state index in [2.05, 4.69) is 19.2 Å². The minimum absolute atomic E-state index is 0.0749. The number of ether oxygens (including phenoxy) is 2. The third kappa shape index (κ3) is 3.96. The van der Waals surface area contributed by atoms with Crippen molar-refractivity contribution in [3.63, 3.8) is 0 Å². The number of nitrogens with one attached hydrogen (secondary N) is 1. The van der Waals surface area contributed by atoms with Crippen LogP contribution < -0.4 is 14.8 Å². The average molecular weight is 374 g/mol. The molecule has 0 saturated carbocycles. The Hall–Kier alpha value is -2.20. The Morgan fingerprint density at radius 3 is 2.62 bits per heavy atom. The Kier molecular flexibility index (Phi) is 5.72. The minimum Gasteiger partial charge on any atom is -0.487 e. The molecule has 0 aliphatic carbocycles. The van der Waals surface area contributed by atoms with Crippen molar-refractivity contribution in [1.82, 2.24) is 5.32 Å². The van der Waals surface area contributed by atoms with E-state index in [1.807, 2.05) is 36.4 Å². The van der Waals surface area contributed by atoms with Gasteiger partial charge in [0.1, 0.15) is 17.1 Å². The van der Waals surface area contributed by atoms with E-state index in [1.54, 1.807) is 12.1 Å². The second-order valence-corrected chi connectivity index (χ2v) is 6.98. The van der Waals surface area contributed by atoms with Crippen LogP contribution in [0.4, 0.5) is 0 Å². The molecule has 0 saturated heterocycles. The summed E-state index contributed by atoms with van der Waals surface area (Å²) < 4.78 is 11.8. The highest BCUT2D eigenvalue weighted by Gasteiger charge is 2.38. The molecule has 1 N–H and O–H groups in total. The van der Waals surface area contributed by atoms with Gasteiger partial charge >= 0.3 is 0 Å². The molecule has 4 nitrogen and oxygen atoms in total. The van der Waals surface area contributed by atoms with Gasteiger partial charge in [-0.05, 0) is 31.0 Å². The second-order valence-electron chi connectivity index (χ2n) is 6.57. The van der Waals surface area contributed by atoms with Gasteiger partial charge in [0, 0.05) is 12.0 Å². The lowest BCUT2D eigenvalue weighted by atomic mass is 9.83. The summed E-state index contributed by atoms with van der Waals surface area (Å²) in [7, 11) is 0. The maximum absolute atomic E-state index is 12.5. The summed E-state index contributed by atoms with van der Waals surface area (Å²) in [5, 5.41) is 3.59. The lowest BCUT2D eigenvalue weighted by Crippen LogP contribution is -2.45. The molecule has 1 heterocycles. The predicted molar refractivity (Wildman–Crippen MR) is 103 cm³/mol. The quantitative estimate of drug-likeness (QED) is 0.781. The first-order chi connectivity index (χ1) is 12.6. The molecule has 0 fully saturated rings. The van der Waals surface area contributed by atoms with Gasteiger partial charge in [0.05, 0.1) is 11.1 Å². The number of fused-ring (bicyclic) bond motifs is 1. The van der Waals surface area contributed by atoms with Crippen LogP contribution in [0.3, 0.4) is 0 Å². The SMILES string of the molecule is CCC1(CC)CC(NC(=O)COc2ccccc2Cl)c2ccccc2O1. The lowest BCUT2D eigenvalue weighted by molar-refractivity contribution is -0.124. The minimum atomic E-state index is -0.254. The van der Waals surface area contributed by atoms with E-state index in [4.69, 9.17) is 21.1 Å². The van der Waals surface area contributed by atoms with E-state index >= 15 is 0 Å². The highest BCUT2D eigenvalue weighted by atomic mass is 35.5. The van der Waals surface area contributed by atoms with Gasteiger partial charge in [0.25, 0.3) is 5.91 Å². The van der Waals surface area contributed by atoms with Crippen LogP contribution in [0.5, 0.6) is 11.5 Å². The van der Waals surface area contributed by atoms with Gasteiger partial charge < -0.3 is 14.8 Å². The zero-order valence-corrected chi connectivity index (χ0v) is 15.9. The summed E-state index contributed by atoms with van der Waals surface area (Å²) in [4.78, 5) is 12.5. The van der Waals surface area contributed by atoms with Crippen molar-refractivity contribution in [2.75, 3.05) is 6.61 Å². The van der Waals surface area contributed by atoms with Crippen LogP contribution in [0.2, 0.25) is 5.02 Å². The predicted octanol–water partition coefficient (Wildman–Crippen LogP) is 4.92. The normalized spacial score (nSPS) is 17.7. The fraction of sp³-hybridized carbons (Fsp3) is 0.381. The van der Waals surface area contributed by atoms with Crippen LogP contribution in [-0.4, -0.2) is 18.1 Å². The molecule has 1 aliphatic heterocycles. The molecule has 138 valence electrons. The van der Waals surface area contributed by atoms with Crippen molar-refractivity contribution in [3.05, 3.63) is 59.1 Å². The van der Waals surface area contributed by atoms with E-state index in [9.17, 15) is 4.79 Å². The van der Waals surface area contributed by atoms with Gasteiger partial charge in [-0.25, -0.2) is 0 Å². The first-order valence-corrected chi connectivity index (χ1v) is 9.39. The van der Waals surface area contributed by atoms with Crippen molar-refractivity contribution in [3.8, 4) is 11.5 Å². The Labute approximate surface area is 159 Å². The van der Waals surface area contributed by atoms with E-state index in [0.29, 0.717) is 10.8 Å². The number of benzene rings is 2. The first-order valence-electron chi connectivity index (χ1n) is 9.01. The van der Waals surface area contributed by atoms with Crippen molar-refractivity contribution >= 4 is 17.5 Å². The van der Waals surface area contributed by atoms with Gasteiger partial charge in [-0.3, -0.25) is 4.79 Å². The van der Waals surface area contributed by atoms with Crippen LogP contribution in [-0.2, 0) is 4.79 Å². The van der Waals surface area contributed by atoms with Gasteiger partial charge in [-0.1, -0.05) is 55.8 Å². The summed E-state index contributed by atoms with van der Waals surface area (Å²) in [5.74, 6) is 1.18. The van der Waals surface area contributed by atoms with Gasteiger partial charge in [-0.2, -0.15) is 0 Å². The molecular formula is C21H24ClNO3. The zero-order chi connectivity index (χ0) is 18.6. The highest BCUT2D eigenvalue weighted by molar-refractivity contribution is 6.32. The van der Waals surface area contributed by atoms with Crippen LogP contribution in [0, 0.1) is 0 Å². The standard InChI is InChI=1S/C21H24ClNO3/c1-3-21(4-2)13-17(15-9-5-7-11-18(15)26-21)23-20(24)14-25-19-12-8-6-10-16(19)22/h5-12,17H,3-4,13-14H2,1-2H3,(H,23,24). The highest BCUT2D eigenvalue weighted by Crippen LogP contribution is 2.42. The molecule has 1 atom stereocenters. The van der Waals surface area contributed by atoms with E-state index in [-0.39, 0.29) is 24.2 Å². The van der Waals surface area contributed by atoms with Crippen molar-refractivity contribution in [1.29, 1.82) is 0 Å². The number of amides is 1. The maximum atomic E-state index is 12.5. The summed E-state index contributed by atoms with van der Waals surface area (Å²) >= 11 is 6.07. The molecule has 0 spiro atoms. The molecule has 1 aliphatic rings. The Morgan fingerprint density at radius 2 is 1.88 bits per heavy atom. The summed E-state index contributed by atoms with van der Waals surface area (Å²) in [6.07, 6.45) is 2.52. The smallest absolute Gasteiger partial charge is 0.258 e. The molecule has 2 aromatic rings. The molecule has 0 radical (unpaired) electrons. The topological polar surface area (TPSA) is 47.6 Å². The van der Waals surface area contributed by atoms with E-state index < -0.39 is 0 Å². The Morgan fingerprint density at radius 1 is 1.19 bits per heavy atom. The molecule has 1 unspecified atom stereocenters. The lowest BCUT2D eigenvalue weighted by Gasteiger charge is -2.41. The maximum Gasteiger partial charge on any atom is 0.258 e. The van der Waals surface area contributed by atoms with Crippen LogP contribution >= 0.6 is 11.6 Å². The fourth-order valence-electron chi connectivity index (χ4n) is 3.37. The number of carbonyl (C=O) groups is 1. The Bertz CT molecular complexity index is 773. The molecule has 0 bridgehead atoms. The second kappa shape index (κ2) is 8.00. The van der Waals surface area contributed by atoms with Gasteiger partial charge in [-0.15, -0.1) is 0 Å². The molecule has 3 rings (SSSR count). The monoisotopic (exact) mass is 373 g/mol. The third-order valence-corrected chi connectivity index (χ3v) is 5.33. The molecule has 26 heavy (non-hydrogen) atoms. The summed E-state index contributed by atoms with van der Waals surface area (Å²) in [6.45, 7) is 4.17. The number of hydrogen-bond donors (Lipinski definition) is 1. The number of para-hydroxylation sites is 2. The van der Waals surface area contributed by atoms with Crippen molar-refractivity contribution in [2.24, 2.45) is 0 Å². The fourth-order valence-corrected chi connectivity index (χ4v) is 3.56. The van der Waals surface area contributed by atoms with Crippen molar-refractivity contribution < 1.29 is 14.3 Å². The Balaban J connectivity index is 1.71. The molecular weight excluding hydrogens is 350 g/mol. The molecule has 0 aromatic heterocycles. The molecule has 1 amide bonds. The van der Waals surface area contributed by atoms with Crippen molar-refractivity contribution in [2.45, 2.75) is 44.8 Å². The van der Waals surface area contributed by atoms with E-state index in [1.165, 1.54) is 0 Å². The first kappa shape index (κ1) is 18.6. The number of halogens is 1. The summed E-state index contributed by atoms with van der Waals surface area (Å²) in [5.41, 5.74) is 0.756. The van der Waals surface area contributed by atoms with E-state index in [0.717, 1.165) is 30.6 Å². The van der Waals surface area contributed by atoms with Crippen LogP contribution in [0.15, 0.2) is 48.5 Å². The summed E-state index contributed by atoms with van der Waals surface area (Å²) in [6, 6.07) is 14.9. The number of rotatable bonds is 6. The largest absolute Gasteiger partial charge is 0.487 e. The van der Waals surface area contributed by atoms with Crippen LogP contribution in [0.1, 0.15) is 44.7 Å².